The minimum Gasteiger partial charge on any atom is -0.400 e. The molecule has 0 aromatic heterocycles. The fourth-order valence-electron chi connectivity index (χ4n) is 2.41. The van der Waals surface area contributed by atoms with E-state index in [1.807, 2.05) is 27.7 Å². The number of aldehydes is 1. The Bertz CT molecular complexity index is 662. The number of rotatable bonds is 3. The number of carbonyl (C=O) groups is 1. The van der Waals surface area contributed by atoms with Gasteiger partial charge in [0.2, 0.25) is 0 Å². The second-order valence-electron chi connectivity index (χ2n) is 6.90. The predicted octanol–water partition coefficient (Wildman–Crippen LogP) is 4.47. The van der Waals surface area contributed by atoms with Crippen molar-refractivity contribution < 1.29 is 27.3 Å². The highest BCUT2D eigenvalue weighted by molar-refractivity contribution is 6.52. The molecule has 0 atom stereocenters. The lowest BCUT2D eigenvalue weighted by molar-refractivity contribution is -0.137. The molecule has 2 rings (SSSR count). The summed E-state index contributed by atoms with van der Waals surface area (Å²) in [5.74, 6) is 1.46. The average molecular weight is 340 g/mol. The summed E-state index contributed by atoms with van der Waals surface area (Å²) >= 11 is 0. The Morgan fingerprint density at radius 2 is 1.58 bits per heavy atom. The maximum absolute atomic E-state index is 13.2. The average Bonchev–Trinajstić information content (AvgIpc) is 2.63. The van der Waals surface area contributed by atoms with Crippen LogP contribution in [0.1, 0.15) is 54.7 Å². The molecule has 1 aliphatic heterocycles. The van der Waals surface area contributed by atoms with Crippen molar-refractivity contribution in [2.45, 2.75) is 52.0 Å². The van der Waals surface area contributed by atoms with E-state index in [1.165, 1.54) is 18.1 Å². The molecule has 0 aliphatic carbocycles. The summed E-state index contributed by atoms with van der Waals surface area (Å²) in [4.78, 5) is 10.9. The number of halogens is 3. The van der Waals surface area contributed by atoms with Crippen molar-refractivity contribution >= 4 is 19.5 Å². The van der Waals surface area contributed by atoms with Crippen molar-refractivity contribution in [3.05, 3.63) is 40.4 Å². The van der Waals surface area contributed by atoms with E-state index in [1.54, 1.807) is 6.92 Å². The van der Waals surface area contributed by atoms with Crippen molar-refractivity contribution in [3.8, 4) is 0 Å². The van der Waals surface area contributed by atoms with E-state index in [0.29, 0.717) is 11.8 Å². The fourth-order valence-corrected chi connectivity index (χ4v) is 2.41. The summed E-state index contributed by atoms with van der Waals surface area (Å²) in [5, 5.41) is 0. The van der Waals surface area contributed by atoms with Crippen LogP contribution in [0.2, 0.25) is 0 Å². The van der Waals surface area contributed by atoms with Crippen LogP contribution < -0.4 is 0 Å². The van der Waals surface area contributed by atoms with Crippen molar-refractivity contribution in [1.82, 2.24) is 0 Å². The highest BCUT2D eigenvalue weighted by atomic mass is 19.4. The molecule has 1 aromatic carbocycles. The van der Waals surface area contributed by atoms with E-state index in [0.717, 1.165) is 6.07 Å². The van der Waals surface area contributed by atoms with Gasteiger partial charge in [-0.1, -0.05) is 18.1 Å². The van der Waals surface area contributed by atoms with Crippen molar-refractivity contribution in [1.29, 1.82) is 0 Å². The van der Waals surface area contributed by atoms with Crippen molar-refractivity contribution in [2.24, 2.45) is 0 Å². The van der Waals surface area contributed by atoms with E-state index in [-0.39, 0.29) is 11.1 Å². The second kappa shape index (κ2) is 6.04. The van der Waals surface area contributed by atoms with Crippen LogP contribution in [0.5, 0.6) is 0 Å². The van der Waals surface area contributed by atoms with Crippen LogP contribution in [0.15, 0.2) is 18.1 Å². The fraction of sp³-hybridized carbons (Fsp3) is 0.471. The molecule has 0 radical (unpaired) electrons. The summed E-state index contributed by atoms with van der Waals surface area (Å²) in [6.45, 7) is 9.06. The first-order chi connectivity index (χ1) is 10.9. The monoisotopic (exact) mass is 340 g/mol. The first-order valence-electron chi connectivity index (χ1n) is 7.58. The molecule has 3 nitrogen and oxygen atoms in total. The molecule has 0 bridgehead atoms. The largest absolute Gasteiger partial charge is 0.487 e. The third-order valence-electron chi connectivity index (χ3n) is 4.57. The second-order valence-corrected chi connectivity index (χ2v) is 6.90. The quantitative estimate of drug-likeness (QED) is 0.602. The zero-order valence-corrected chi connectivity index (χ0v) is 14.3. The smallest absolute Gasteiger partial charge is 0.400 e. The molecular weight excluding hydrogens is 320 g/mol. The minimum absolute atomic E-state index is 0.0232. The number of hydrogen-bond donors (Lipinski definition) is 0. The summed E-state index contributed by atoms with van der Waals surface area (Å²) in [5.41, 5.74) is -1.51. The minimum atomic E-state index is -4.55. The third kappa shape index (κ3) is 3.57. The SMILES string of the molecule is Cc1cc(/C=C/B2OC(C)(C)C(C)(C)O2)c(C(F)(F)F)cc1C=O. The van der Waals surface area contributed by atoms with Gasteiger partial charge in [0, 0.05) is 5.56 Å². The van der Waals surface area contributed by atoms with Gasteiger partial charge in [-0.25, -0.2) is 0 Å². The lowest BCUT2D eigenvalue weighted by atomic mass is 9.87. The molecule has 0 saturated carbocycles. The number of aryl methyl sites for hydroxylation is 1. The topological polar surface area (TPSA) is 35.5 Å². The van der Waals surface area contributed by atoms with Crippen LogP contribution in [-0.2, 0) is 15.5 Å². The standard InChI is InChI=1S/C17H20BF3O3/c1-11-8-12(14(17(19,20)21)9-13(11)10-22)6-7-18-23-15(2,3)16(4,5)24-18/h6-10H,1-5H3/b7-6+. The maximum atomic E-state index is 13.2. The van der Waals surface area contributed by atoms with Crippen LogP contribution in [0.25, 0.3) is 6.08 Å². The Labute approximate surface area is 140 Å². The molecule has 0 N–H and O–H groups in total. The highest BCUT2D eigenvalue weighted by Gasteiger charge is 2.50. The van der Waals surface area contributed by atoms with Gasteiger partial charge < -0.3 is 9.31 Å². The van der Waals surface area contributed by atoms with Gasteiger partial charge in [-0.2, -0.15) is 13.2 Å². The zero-order valence-electron chi connectivity index (χ0n) is 14.3. The first-order valence-corrected chi connectivity index (χ1v) is 7.58. The molecule has 0 amide bonds. The van der Waals surface area contributed by atoms with E-state index >= 15 is 0 Å². The Morgan fingerprint density at radius 3 is 2.04 bits per heavy atom. The summed E-state index contributed by atoms with van der Waals surface area (Å²) in [7, 11) is -0.734. The molecule has 0 unspecified atom stereocenters. The molecular formula is C17H20BF3O3. The molecule has 130 valence electrons. The third-order valence-corrected chi connectivity index (χ3v) is 4.57. The number of carbonyl (C=O) groups excluding carboxylic acids is 1. The molecule has 1 fully saturated rings. The molecule has 7 heteroatoms. The van der Waals surface area contributed by atoms with Crippen molar-refractivity contribution in [3.63, 3.8) is 0 Å². The van der Waals surface area contributed by atoms with Gasteiger partial charge in [0.25, 0.3) is 0 Å². The van der Waals surface area contributed by atoms with E-state index in [2.05, 4.69) is 0 Å². The van der Waals surface area contributed by atoms with Gasteiger partial charge in [0.1, 0.15) is 6.29 Å². The Morgan fingerprint density at radius 1 is 1.04 bits per heavy atom. The molecule has 1 saturated heterocycles. The number of benzene rings is 1. The number of alkyl halides is 3. The summed E-state index contributed by atoms with van der Waals surface area (Å²) in [6, 6.07) is 2.21. The Balaban J connectivity index is 2.36. The highest BCUT2D eigenvalue weighted by Crippen LogP contribution is 2.38. The molecule has 1 heterocycles. The van der Waals surface area contributed by atoms with Gasteiger partial charge in [0.15, 0.2) is 0 Å². The molecule has 1 aliphatic rings. The van der Waals surface area contributed by atoms with E-state index < -0.39 is 30.1 Å². The maximum Gasteiger partial charge on any atom is 0.487 e. The number of hydrogen-bond acceptors (Lipinski definition) is 3. The van der Waals surface area contributed by atoms with Gasteiger partial charge >= 0.3 is 13.3 Å². The Kier molecular flexibility index (Phi) is 4.72. The molecule has 0 spiro atoms. The normalized spacial score (nSPS) is 19.9. The predicted molar refractivity (Wildman–Crippen MR) is 86.7 cm³/mol. The van der Waals surface area contributed by atoms with Crippen LogP contribution in [-0.4, -0.2) is 24.6 Å². The van der Waals surface area contributed by atoms with Crippen molar-refractivity contribution in [2.75, 3.05) is 0 Å². The zero-order chi connectivity index (χ0) is 18.3. The lowest BCUT2D eigenvalue weighted by Gasteiger charge is -2.32. The van der Waals surface area contributed by atoms with E-state index in [9.17, 15) is 18.0 Å². The lowest BCUT2D eigenvalue weighted by Crippen LogP contribution is -2.41. The van der Waals surface area contributed by atoms with Gasteiger partial charge in [-0.15, -0.1) is 0 Å². The van der Waals surface area contributed by atoms with Gasteiger partial charge in [-0.3, -0.25) is 4.79 Å². The van der Waals surface area contributed by atoms with Gasteiger partial charge in [-0.05, 0) is 51.8 Å². The Hall–Kier alpha value is -1.60. The molecule has 1 aromatic rings. The van der Waals surface area contributed by atoms with Crippen LogP contribution in [0, 0.1) is 6.92 Å². The van der Waals surface area contributed by atoms with Gasteiger partial charge in [0.05, 0.1) is 16.8 Å². The van der Waals surface area contributed by atoms with Crippen LogP contribution >= 0.6 is 0 Å². The molecule has 24 heavy (non-hydrogen) atoms. The van der Waals surface area contributed by atoms with E-state index in [4.69, 9.17) is 9.31 Å². The summed E-state index contributed by atoms with van der Waals surface area (Å²) in [6.07, 6.45) is -2.81. The van der Waals surface area contributed by atoms with Crippen LogP contribution in [0.4, 0.5) is 13.2 Å². The summed E-state index contributed by atoms with van der Waals surface area (Å²) < 4.78 is 51.2. The first kappa shape index (κ1) is 18.7. The van der Waals surface area contributed by atoms with Crippen LogP contribution in [0.3, 0.4) is 0 Å².